The van der Waals surface area contributed by atoms with E-state index in [0.717, 1.165) is 60.6 Å². The molecule has 3 heterocycles. The van der Waals surface area contributed by atoms with Crippen molar-refractivity contribution in [3.05, 3.63) is 93.3 Å². The van der Waals surface area contributed by atoms with Crippen molar-refractivity contribution in [2.75, 3.05) is 26.2 Å². The predicted octanol–water partition coefficient (Wildman–Crippen LogP) is 6.38. The third-order valence-corrected chi connectivity index (χ3v) is 10.1. The van der Waals surface area contributed by atoms with Crippen LogP contribution in [-0.2, 0) is 6.54 Å². The molecule has 0 radical (unpaired) electrons. The highest BCUT2D eigenvalue weighted by atomic mass is 19.1. The summed E-state index contributed by atoms with van der Waals surface area (Å²) in [4.78, 5) is 37.1. The van der Waals surface area contributed by atoms with Crippen molar-refractivity contribution in [3.63, 3.8) is 0 Å². The Morgan fingerprint density at radius 3 is 2.47 bits per heavy atom. The molecule has 0 bridgehead atoms. The van der Waals surface area contributed by atoms with Crippen molar-refractivity contribution < 1.29 is 13.6 Å². The van der Waals surface area contributed by atoms with Crippen LogP contribution in [0.3, 0.4) is 0 Å². The van der Waals surface area contributed by atoms with Crippen LogP contribution in [-0.4, -0.2) is 69.5 Å². The van der Waals surface area contributed by atoms with Gasteiger partial charge in [-0.15, -0.1) is 0 Å². The molecular formula is C36H45F2N5O2. The van der Waals surface area contributed by atoms with Gasteiger partial charge in [-0.1, -0.05) is 51.0 Å². The summed E-state index contributed by atoms with van der Waals surface area (Å²) in [5.74, 6) is -1.26. The molecule has 45 heavy (non-hydrogen) atoms. The maximum absolute atomic E-state index is 14.4. The second kappa shape index (κ2) is 13.0. The lowest BCUT2D eigenvalue weighted by Crippen LogP contribution is -2.64. The molecule has 2 saturated heterocycles. The minimum atomic E-state index is -0.628. The Labute approximate surface area is 264 Å². The summed E-state index contributed by atoms with van der Waals surface area (Å²) in [5, 5.41) is 3.56. The zero-order valence-corrected chi connectivity index (χ0v) is 26.6. The fourth-order valence-electron chi connectivity index (χ4n) is 7.87. The molecule has 1 aromatic heterocycles. The van der Waals surface area contributed by atoms with Crippen molar-refractivity contribution in [1.82, 2.24) is 25.0 Å². The highest BCUT2D eigenvalue weighted by Gasteiger charge is 2.46. The van der Waals surface area contributed by atoms with Gasteiger partial charge in [0.1, 0.15) is 11.6 Å². The summed E-state index contributed by atoms with van der Waals surface area (Å²) < 4.78 is 28.7. The van der Waals surface area contributed by atoms with Crippen LogP contribution >= 0.6 is 0 Å². The van der Waals surface area contributed by atoms with Gasteiger partial charge in [-0.2, -0.15) is 0 Å². The van der Waals surface area contributed by atoms with E-state index in [1.165, 1.54) is 12.1 Å². The molecule has 2 aromatic carbocycles. The number of halogens is 2. The minimum Gasteiger partial charge on any atom is -0.361 e. The highest BCUT2D eigenvalue weighted by Crippen LogP contribution is 2.40. The molecule has 2 aliphatic heterocycles. The second-order valence-corrected chi connectivity index (χ2v) is 13.6. The first-order valence-electron chi connectivity index (χ1n) is 16.4. The Bertz CT molecular complexity index is 1560. The number of amides is 2. The minimum absolute atomic E-state index is 0.0155. The van der Waals surface area contributed by atoms with Crippen LogP contribution in [0, 0.1) is 18.6 Å². The monoisotopic (exact) mass is 617 g/mol. The number of aromatic nitrogens is 1. The van der Waals surface area contributed by atoms with Gasteiger partial charge in [0, 0.05) is 85.5 Å². The molecular weight excluding hydrogens is 572 g/mol. The van der Waals surface area contributed by atoms with Crippen LogP contribution in [0.5, 0.6) is 0 Å². The maximum Gasteiger partial charge on any atom is 0.320 e. The van der Waals surface area contributed by atoms with Gasteiger partial charge in [-0.3, -0.25) is 9.69 Å². The van der Waals surface area contributed by atoms with Crippen LogP contribution in [0.15, 0.2) is 59.5 Å². The molecule has 1 saturated carbocycles. The van der Waals surface area contributed by atoms with E-state index in [1.54, 1.807) is 6.07 Å². The second-order valence-electron chi connectivity index (χ2n) is 13.6. The third-order valence-electron chi connectivity index (χ3n) is 10.1. The van der Waals surface area contributed by atoms with Gasteiger partial charge in [-0.25, -0.2) is 13.6 Å². The molecule has 7 nitrogen and oxygen atoms in total. The van der Waals surface area contributed by atoms with E-state index in [0.29, 0.717) is 44.7 Å². The Balaban J connectivity index is 1.21. The summed E-state index contributed by atoms with van der Waals surface area (Å²) in [5.41, 5.74) is 3.98. The molecule has 240 valence electrons. The number of nitrogens with zero attached hydrogens (tertiary/aromatic N) is 3. The van der Waals surface area contributed by atoms with E-state index in [-0.39, 0.29) is 29.1 Å². The third kappa shape index (κ3) is 6.70. The largest absolute Gasteiger partial charge is 0.361 e. The molecule has 2 N–H and O–H groups in total. The van der Waals surface area contributed by atoms with Gasteiger partial charge in [0.2, 0.25) is 0 Å². The molecule has 6 rings (SSSR count). The first-order chi connectivity index (χ1) is 21.6. The summed E-state index contributed by atoms with van der Waals surface area (Å²) in [7, 11) is 0. The van der Waals surface area contributed by atoms with Gasteiger partial charge < -0.3 is 20.1 Å². The van der Waals surface area contributed by atoms with Crippen molar-refractivity contribution in [2.45, 2.75) is 89.5 Å². The number of carbonyl (C=O) groups is 1. The Hall–Kier alpha value is -3.56. The molecule has 2 unspecified atom stereocenters. The van der Waals surface area contributed by atoms with Crippen LogP contribution < -0.4 is 10.7 Å². The quantitative estimate of drug-likeness (QED) is 0.337. The number of piperidine rings is 1. The fraction of sp³-hybridized carbons (Fsp3) is 0.500. The van der Waals surface area contributed by atoms with Gasteiger partial charge >= 0.3 is 6.03 Å². The SMILES string of the molecule is Cc1ccccc1-c1cc(=O)c(CN2CCN(C(=O)N3CCC(NC(C)C)CC3c3cc(F)cc(F)c3)CC23CCCC3)c[nH]1. The van der Waals surface area contributed by atoms with Crippen molar-refractivity contribution in [3.8, 4) is 11.3 Å². The van der Waals surface area contributed by atoms with E-state index in [4.69, 9.17) is 0 Å². The Morgan fingerprint density at radius 1 is 1.04 bits per heavy atom. The Morgan fingerprint density at radius 2 is 1.78 bits per heavy atom. The average molecular weight is 618 g/mol. The average Bonchev–Trinajstić information content (AvgIpc) is 3.47. The number of nitrogens with one attached hydrogen (secondary N) is 2. The lowest BCUT2D eigenvalue weighted by Gasteiger charge is -2.51. The first-order valence-corrected chi connectivity index (χ1v) is 16.4. The highest BCUT2D eigenvalue weighted by molar-refractivity contribution is 5.75. The molecule has 3 aliphatic rings. The fourth-order valence-corrected chi connectivity index (χ4v) is 7.87. The molecule has 2 amide bonds. The normalized spacial score (nSPS) is 22.0. The standard InChI is InChI=1S/C36H45F2N5O2/c1-24(2)40-30-10-13-43(33(19-30)26-16-28(37)18-29(38)17-26)35(45)41-14-15-42(36(23-41)11-6-7-12-36)22-27-21-39-32(20-34(27)44)31-9-5-4-8-25(31)3/h4-5,8-9,16-18,20-21,24,30,33,40H,6-7,10-15,19,22-23H2,1-3H3,(H,39,44). The smallest absolute Gasteiger partial charge is 0.320 e. The molecule has 1 aliphatic carbocycles. The molecule has 3 aromatic rings. The zero-order chi connectivity index (χ0) is 31.7. The van der Waals surface area contributed by atoms with Crippen LogP contribution in [0.2, 0.25) is 0 Å². The van der Waals surface area contributed by atoms with Crippen LogP contribution in [0.25, 0.3) is 11.3 Å². The number of aryl methyl sites for hydroxylation is 1. The van der Waals surface area contributed by atoms with E-state index >= 15 is 0 Å². The topological polar surface area (TPSA) is 71.7 Å². The van der Waals surface area contributed by atoms with Crippen molar-refractivity contribution >= 4 is 6.03 Å². The Kier molecular flexibility index (Phi) is 9.11. The zero-order valence-electron chi connectivity index (χ0n) is 26.6. The van der Waals surface area contributed by atoms with E-state index < -0.39 is 17.7 Å². The number of likely N-dealkylation sites (tertiary alicyclic amines) is 1. The van der Waals surface area contributed by atoms with E-state index in [2.05, 4.69) is 29.0 Å². The number of pyridine rings is 1. The summed E-state index contributed by atoms with van der Waals surface area (Å²) in [6.45, 7) is 9.03. The summed E-state index contributed by atoms with van der Waals surface area (Å²) in [6.07, 6.45) is 7.33. The van der Waals surface area contributed by atoms with Crippen LogP contribution in [0.1, 0.15) is 75.1 Å². The number of hydrogen-bond donors (Lipinski definition) is 2. The lowest BCUT2D eigenvalue weighted by molar-refractivity contribution is -0.00243. The number of aromatic amines is 1. The van der Waals surface area contributed by atoms with Crippen LogP contribution in [0.4, 0.5) is 13.6 Å². The lowest BCUT2D eigenvalue weighted by atomic mass is 9.90. The van der Waals surface area contributed by atoms with Gasteiger partial charge in [0.05, 0.1) is 6.04 Å². The number of rotatable bonds is 6. The number of carbonyl (C=O) groups excluding carboxylic acids is 1. The predicted molar refractivity (Wildman–Crippen MR) is 173 cm³/mol. The summed E-state index contributed by atoms with van der Waals surface area (Å²) in [6, 6.07) is 13.3. The molecule has 1 spiro atoms. The van der Waals surface area contributed by atoms with Gasteiger partial charge in [-0.05, 0) is 55.9 Å². The molecule has 9 heteroatoms. The number of piperazine rings is 1. The molecule has 2 atom stereocenters. The van der Waals surface area contributed by atoms with Gasteiger partial charge in [0.25, 0.3) is 0 Å². The number of urea groups is 1. The number of H-pyrrole nitrogens is 1. The van der Waals surface area contributed by atoms with E-state index in [1.807, 2.05) is 47.2 Å². The van der Waals surface area contributed by atoms with Gasteiger partial charge in [0.15, 0.2) is 5.43 Å². The van der Waals surface area contributed by atoms with E-state index in [9.17, 15) is 18.4 Å². The first kappa shape index (κ1) is 31.4. The van der Waals surface area contributed by atoms with Crippen molar-refractivity contribution in [1.29, 1.82) is 0 Å². The summed E-state index contributed by atoms with van der Waals surface area (Å²) >= 11 is 0. The van der Waals surface area contributed by atoms with Crippen molar-refractivity contribution in [2.24, 2.45) is 0 Å². The number of benzene rings is 2. The maximum atomic E-state index is 14.4. The molecule has 3 fully saturated rings. The number of hydrogen-bond acceptors (Lipinski definition) is 4.